The molecule has 1 amide bonds. The Hall–Kier alpha value is -3.02. The van der Waals surface area contributed by atoms with Gasteiger partial charge in [-0.3, -0.25) is 4.90 Å². The molecule has 1 heterocycles. The first-order valence-electron chi connectivity index (χ1n) is 8.93. The Bertz CT molecular complexity index is 1000. The largest absolute Gasteiger partial charge is 0.436 e. The Labute approximate surface area is 160 Å². The van der Waals surface area contributed by atoms with Crippen LogP contribution in [0.1, 0.15) is 17.5 Å². The molecule has 0 bridgehead atoms. The summed E-state index contributed by atoms with van der Waals surface area (Å²) in [6.07, 6.45) is -6.44. The lowest BCUT2D eigenvalue weighted by molar-refractivity contribution is -0.171. The van der Waals surface area contributed by atoms with Gasteiger partial charge in [-0.05, 0) is 28.0 Å². The molecule has 1 saturated heterocycles. The fourth-order valence-corrected chi connectivity index (χ4v) is 3.70. The Morgan fingerprint density at radius 2 is 1.61 bits per heavy atom. The van der Waals surface area contributed by atoms with Crippen molar-refractivity contribution in [2.75, 3.05) is 6.54 Å². The fraction of sp³-hybridized carbons (Fsp3) is 0.227. The van der Waals surface area contributed by atoms with Gasteiger partial charge in [0, 0.05) is 6.54 Å². The number of benzene rings is 3. The van der Waals surface area contributed by atoms with Crippen LogP contribution in [0.2, 0.25) is 0 Å². The van der Waals surface area contributed by atoms with E-state index in [0.717, 1.165) is 16.3 Å². The number of carbonyl (C=O) groups excluding carboxylic acids is 1. The van der Waals surface area contributed by atoms with Crippen LogP contribution in [0, 0.1) is 0 Å². The Kier molecular flexibility index (Phi) is 4.49. The number of amides is 1. The van der Waals surface area contributed by atoms with E-state index in [1.54, 1.807) is 18.2 Å². The van der Waals surface area contributed by atoms with Crippen molar-refractivity contribution >= 4 is 16.9 Å². The van der Waals surface area contributed by atoms with Crippen LogP contribution in [-0.2, 0) is 16.9 Å². The van der Waals surface area contributed by atoms with Gasteiger partial charge in [-0.25, -0.2) is 4.79 Å². The van der Waals surface area contributed by atoms with E-state index in [0.29, 0.717) is 5.56 Å². The molecule has 0 saturated carbocycles. The van der Waals surface area contributed by atoms with Gasteiger partial charge in [-0.2, -0.15) is 13.2 Å². The molecule has 0 aliphatic carbocycles. The summed E-state index contributed by atoms with van der Waals surface area (Å²) in [4.78, 5) is 13.8. The van der Waals surface area contributed by atoms with E-state index in [1.807, 2.05) is 54.6 Å². The van der Waals surface area contributed by atoms with Crippen LogP contribution in [0.4, 0.5) is 18.0 Å². The number of rotatable bonds is 4. The molecule has 1 fully saturated rings. The summed E-state index contributed by atoms with van der Waals surface area (Å²) in [6, 6.07) is 21.6. The van der Waals surface area contributed by atoms with E-state index in [-0.39, 0.29) is 13.1 Å². The van der Waals surface area contributed by atoms with Gasteiger partial charge in [0.15, 0.2) is 5.60 Å². The van der Waals surface area contributed by atoms with Gasteiger partial charge in [0.25, 0.3) is 0 Å². The summed E-state index contributed by atoms with van der Waals surface area (Å²) < 4.78 is 45.7. The molecule has 144 valence electrons. The van der Waals surface area contributed by atoms with E-state index in [9.17, 15) is 18.0 Å². The minimum Gasteiger partial charge on any atom is -0.436 e. The summed E-state index contributed by atoms with van der Waals surface area (Å²) in [5.41, 5.74) is -0.568. The number of hydrogen-bond donors (Lipinski definition) is 0. The molecule has 3 aromatic carbocycles. The van der Waals surface area contributed by atoms with E-state index in [4.69, 9.17) is 4.74 Å². The lowest BCUT2D eigenvalue weighted by atomic mass is 9.88. The monoisotopic (exact) mass is 385 g/mol. The van der Waals surface area contributed by atoms with Crippen molar-refractivity contribution < 1.29 is 22.7 Å². The molecule has 0 N–H and O–H groups in total. The first-order valence-corrected chi connectivity index (χ1v) is 8.93. The number of fused-ring (bicyclic) bond motifs is 1. The van der Waals surface area contributed by atoms with E-state index >= 15 is 0 Å². The predicted molar refractivity (Wildman–Crippen MR) is 99.6 cm³/mol. The van der Waals surface area contributed by atoms with Crippen LogP contribution in [0.5, 0.6) is 0 Å². The summed E-state index contributed by atoms with van der Waals surface area (Å²) in [5, 5.41) is 1.72. The maximum absolute atomic E-state index is 13.4. The molecule has 0 aromatic heterocycles. The van der Waals surface area contributed by atoms with E-state index < -0.39 is 24.3 Å². The molecule has 0 spiro atoms. The molecule has 28 heavy (non-hydrogen) atoms. The summed E-state index contributed by atoms with van der Waals surface area (Å²) in [7, 11) is 0. The zero-order valence-corrected chi connectivity index (χ0v) is 14.9. The fourth-order valence-electron chi connectivity index (χ4n) is 3.70. The first kappa shape index (κ1) is 18.3. The number of halogens is 3. The zero-order chi connectivity index (χ0) is 19.8. The maximum Gasteiger partial charge on any atom is 0.411 e. The Morgan fingerprint density at radius 3 is 2.32 bits per heavy atom. The smallest absolute Gasteiger partial charge is 0.411 e. The van der Waals surface area contributed by atoms with Crippen molar-refractivity contribution in [2.24, 2.45) is 0 Å². The minimum absolute atomic E-state index is 0.154. The quantitative estimate of drug-likeness (QED) is 0.582. The van der Waals surface area contributed by atoms with Crippen LogP contribution < -0.4 is 0 Å². The van der Waals surface area contributed by atoms with Gasteiger partial charge in [0.2, 0.25) is 0 Å². The van der Waals surface area contributed by atoms with Gasteiger partial charge >= 0.3 is 12.3 Å². The van der Waals surface area contributed by atoms with Gasteiger partial charge in [-0.15, -0.1) is 0 Å². The second-order valence-electron chi connectivity index (χ2n) is 7.06. The number of alkyl halides is 3. The number of hydrogen-bond acceptors (Lipinski definition) is 2. The van der Waals surface area contributed by atoms with E-state index in [1.165, 1.54) is 4.90 Å². The molecule has 1 aliphatic rings. The minimum atomic E-state index is -4.48. The normalized spacial score (nSPS) is 19.8. The summed E-state index contributed by atoms with van der Waals surface area (Å²) >= 11 is 0. The van der Waals surface area contributed by atoms with Crippen LogP contribution in [0.15, 0.2) is 72.8 Å². The Balaban J connectivity index is 1.71. The van der Waals surface area contributed by atoms with Crippen LogP contribution in [-0.4, -0.2) is 23.7 Å². The van der Waals surface area contributed by atoms with Gasteiger partial charge in [0.1, 0.15) is 0 Å². The molecule has 3 aromatic rings. The number of carbonyl (C=O) groups is 1. The van der Waals surface area contributed by atoms with Crippen molar-refractivity contribution in [2.45, 2.75) is 24.7 Å². The highest BCUT2D eigenvalue weighted by atomic mass is 19.4. The second kappa shape index (κ2) is 6.86. The SMILES string of the molecule is O=C1OC(CC(F)(F)F)(c2ccc3ccccc3c2)CN1Cc1ccccc1. The number of cyclic esters (lactones) is 1. The third kappa shape index (κ3) is 3.67. The first-order chi connectivity index (χ1) is 13.3. The third-order valence-electron chi connectivity index (χ3n) is 4.96. The highest BCUT2D eigenvalue weighted by molar-refractivity contribution is 5.83. The molecular weight excluding hydrogens is 367 g/mol. The highest BCUT2D eigenvalue weighted by Crippen LogP contribution is 2.43. The second-order valence-corrected chi connectivity index (χ2v) is 7.06. The van der Waals surface area contributed by atoms with Crippen molar-refractivity contribution in [3.8, 4) is 0 Å². The third-order valence-corrected chi connectivity index (χ3v) is 4.96. The molecule has 0 radical (unpaired) electrons. The average Bonchev–Trinajstić information content (AvgIpc) is 2.96. The standard InChI is InChI=1S/C22H18F3NO2/c23-22(24,25)14-21(19-11-10-17-8-4-5-9-18(17)12-19)15-26(20(27)28-21)13-16-6-2-1-3-7-16/h1-12H,13-15H2. The summed E-state index contributed by atoms with van der Waals surface area (Å²) in [5.74, 6) is 0. The molecule has 1 aliphatic heterocycles. The van der Waals surface area contributed by atoms with Crippen molar-refractivity contribution in [1.29, 1.82) is 0 Å². The average molecular weight is 385 g/mol. The maximum atomic E-state index is 13.4. The topological polar surface area (TPSA) is 29.5 Å². The molecular formula is C22H18F3NO2. The number of nitrogens with zero attached hydrogens (tertiary/aromatic N) is 1. The van der Waals surface area contributed by atoms with E-state index in [2.05, 4.69) is 0 Å². The molecule has 6 heteroatoms. The molecule has 1 unspecified atom stereocenters. The molecule has 3 nitrogen and oxygen atoms in total. The predicted octanol–water partition coefficient (Wildman–Crippen LogP) is 5.64. The summed E-state index contributed by atoms with van der Waals surface area (Å²) in [6.45, 7) is 0.0471. The van der Waals surface area contributed by atoms with Crippen LogP contribution in [0.3, 0.4) is 0 Å². The van der Waals surface area contributed by atoms with Gasteiger partial charge in [0.05, 0.1) is 13.0 Å². The van der Waals surface area contributed by atoms with Gasteiger partial charge in [-0.1, -0.05) is 66.7 Å². The molecule has 4 rings (SSSR count). The zero-order valence-electron chi connectivity index (χ0n) is 14.9. The van der Waals surface area contributed by atoms with Crippen LogP contribution >= 0.6 is 0 Å². The Morgan fingerprint density at radius 1 is 0.929 bits per heavy atom. The van der Waals surface area contributed by atoms with Crippen molar-refractivity contribution in [1.82, 2.24) is 4.90 Å². The number of ether oxygens (including phenoxy) is 1. The van der Waals surface area contributed by atoms with Crippen molar-refractivity contribution in [3.05, 3.63) is 83.9 Å². The molecule has 1 atom stereocenters. The lowest BCUT2D eigenvalue weighted by Gasteiger charge is -2.29. The van der Waals surface area contributed by atoms with Crippen LogP contribution in [0.25, 0.3) is 10.8 Å². The highest BCUT2D eigenvalue weighted by Gasteiger charge is 2.53. The lowest BCUT2D eigenvalue weighted by Crippen LogP contribution is -2.36. The van der Waals surface area contributed by atoms with Gasteiger partial charge < -0.3 is 4.74 Å². The van der Waals surface area contributed by atoms with Crippen molar-refractivity contribution in [3.63, 3.8) is 0 Å².